The van der Waals surface area contributed by atoms with Crippen LogP contribution in [0.1, 0.15) is 40.4 Å². The van der Waals surface area contributed by atoms with E-state index in [1.807, 2.05) is 18.2 Å². The highest BCUT2D eigenvalue weighted by Crippen LogP contribution is 2.39. The van der Waals surface area contributed by atoms with Crippen molar-refractivity contribution in [1.29, 1.82) is 0 Å². The molecule has 0 bridgehead atoms. The molecular weight excluding hydrogens is 350 g/mol. The number of aliphatic hydroxyl groups is 1. The van der Waals surface area contributed by atoms with Crippen LogP contribution in [0.5, 0.6) is 5.75 Å². The van der Waals surface area contributed by atoms with Crippen LogP contribution in [0.15, 0.2) is 34.0 Å². The van der Waals surface area contributed by atoms with E-state index in [1.165, 1.54) is 13.2 Å². The molecule has 27 heavy (non-hydrogen) atoms. The number of benzene rings is 1. The van der Waals surface area contributed by atoms with Crippen molar-refractivity contribution in [1.82, 2.24) is 14.9 Å². The summed E-state index contributed by atoms with van der Waals surface area (Å²) in [6, 6.07) is 5.49. The molecule has 1 aliphatic carbocycles. The van der Waals surface area contributed by atoms with Crippen LogP contribution in [-0.2, 0) is 13.5 Å². The molecule has 4 rings (SSSR count). The third kappa shape index (κ3) is 3.28. The number of ether oxygens (including phenoxy) is 1. The Bertz CT molecular complexity index is 1000. The van der Waals surface area contributed by atoms with Gasteiger partial charge >= 0.3 is 5.69 Å². The molecule has 1 aromatic heterocycles. The number of nitrogens with zero attached hydrogens (tertiary/aromatic N) is 1. The first-order valence-electron chi connectivity index (χ1n) is 8.97. The lowest BCUT2D eigenvalue weighted by atomic mass is 9.74. The van der Waals surface area contributed by atoms with Gasteiger partial charge in [-0.3, -0.25) is 14.6 Å². The fraction of sp³-hybridized carbons (Fsp3) is 0.421. The van der Waals surface area contributed by atoms with Crippen LogP contribution in [0.25, 0.3) is 0 Å². The first kappa shape index (κ1) is 17.5. The SMILES string of the molecule is Cn1cc(C(=O)NC(c2ccc3c(c2)CCO3)C2CC(O)C2)c(=O)[nH]c1=O. The summed E-state index contributed by atoms with van der Waals surface area (Å²) in [6.07, 6.45) is 2.86. The number of hydrogen-bond donors (Lipinski definition) is 3. The van der Waals surface area contributed by atoms with Gasteiger partial charge in [0.05, 0.1) is 18.8 Å². The van der Waals surface area contributed by atoms with Crippen molar-refractivity contribution in [3.63, 3.8) is 0 Å². The normalized spacial score (nSPS) is 21.7. The van der Waals surface area contributed by atoms with Crippen LogP contribution < -0.4 is 21.3 Å². The van der Waals surface area contributed by atoms with Crippen molar-refractivity contribution in [2.45, 2.75) is 31.4 Å². The lowest BCUT2D eigenvalue weighted by Crippen LogP contribution is -2.43. The Morgan fingerprint density at radius 3 is 2.89 bits per heavy atom. The van der Waals surface area contributed by atoms with E-state index in [9.17, 15) is 19.5 Å². The van der Waals surface area contributed by atoms with Crippen molar-refractivity contribution in [2.24, 2.45) is 13.0 Å². The topological polar surface area (TPSA) is 113 Å². The first-order chi connectivity index (χ1) is 12.9. The summed E-state index contributed by atoms with van der Waals surface area (Å²) in [5, 5.41) is 12.6. The number of nitrogens with one attached hydrogen (secondary N) is 2. The second-order valence-electron chi connectivity index (χ2n) is 7.22. The summed E-state index contributed by atoms with van der Waals surface area (Å²) >= 11 is 0. The largest absolute Gasteiger partial charge is 0.493 e. The van der Waals surface area contributed by atoms with Crippen LogP contribution >= 0.6 is 0 Å². The molecule has 0 radical (unpaired) electrons. The number of fused-ring (bicyclic) bond motifs is 1. The number of carbonyl (C=O) groups is 1. The second kappa shape index (κ2) is 6.70. The molecule has 8 heteroatoms. The predicted molar refractivity (Wildman–Crippen MR) is 96.9 cm³/mol. The van der Waals surface area contributed by atoms with Crippen LogP contribution in [0, 0.1) is 5.92 Å². The van der Waals surface area contributed by atoms with Crippen molar-refractivity contribution in [2.75, 3.05) is 6.61 Å². The molecular formula is C19H21N3O5. The van der Waals surface area contributed by atoms with Gasteiger partial charge in [0.15, 0.2) is 0 Å². The van der Waals surface area contributed by atoms with E-state index in [-0.39, 0.29) is 23.6 Å². The van der Waals surface area contributed by atoms with Crippen molar-refractivity contribution >= 4 is 5.91 Å². The summed E-state index contributed by atoms with van der Waals surface area (Å²) in [4.78, 5) is 38.4. The molecule has 2 aromatic rings. The number of aromatic nitrogens is 2. The number of amides is 1. The van der Waals surface area contributed by atoms with E-state index >= 15 is 0 Å². The zero-order valence-corrected chi connectivity index (χ0v) is 14.9. The Morgan fingerprint density at radius 1 is 1.37 bits per heavy atom. The maximum absolute atomic E-state index is 12.7. The molecule has 1 saturated carbocycles. The average molecular weight is 371 g/mol. The maximum Gasteiger partial charge on any atom is 0.328 e. The number of aryl methyl sites for hydroxylation is 1. The van der Waals surface area contributed by atoms with Gasteiger partial charge in [0.1, 0.15) is 11.3 Å². The van der Waals surface area contributed by atoms with Gasteiger partial charge in [-0.25, -0.2) is 4.79 Å². The Hall–Kier alpha value is -2.87. The number of hydrogen-bond acceptors (Lipinski definition) is 5. The molecule has 1 aromatic carbocycles. The number of rotatable bonds is 4. The van der Waals surface area contributed by atoms with Crippen molar-refractivity contribution in [3.05, 3.63) is 61.9 Å². The third-order valence-electron chi connectivity index (χ3n) is 5.33. The maximum atomic E-state index is 12.7. The number of H-pyrrole nitrogens is 1. The molecule has 1 aliphatic heterocycles. The Kier molecular flexibility index (Phi) is 4.35. The second-order valence-corrected chi connectivity index (χ2v) is 7.22. The molecule has 0 saturated heterocycles. The van der Waals surface area contributed by atoms with E-state index in [0.717, 1.165) is 27.9 Å². The minimum atomic E-state index is -0.717. The quantitative estimate of drug-likeness (QED) is 0.713. The standard InChI is InChI=1S/C19H21N3O5/c1-22-9-14(18(25)21-19(22)26)17(24)20-16(12-7-13(23)8-12)11-2-3-15-10(6-11)4-5-27-15/h2-3,6,9,12-13,16,23H,4-5,7-8H2,1H3,(H,20,24)(H,21,25,26). The molecule has 2 aliphatic rings. The molecule has 1 unspecified atom stereocenters. The van der Waals surface area contributed by atoms with E-state index in [0.29, 0.717) is 19.4 Å². The third-order valence-corrected chi connectivity index (χ3v) is 5.33. The van der Waals surface area contributed by atoms with E-state index < -0.39 is 17.2 Å². The van der Waals surface area contributed by atoms with Gasteiger partial charge in [-0.1, -0.05) is 6.07 Å². The summed E-state index contributed by atoms with van der Waals surface area (Å²) < 4.78 is 6.69. The van der Waals surface area contributed by atoms with Crippen LogP contribution in [0.2, 0.25) is 0 Å². The first-order valence-corrected chi connectivity index (χ1v) is 8.97. The van der Waals surface area contributed by atoms with Crippen molar-refractivity contribution < 1.29 is 14.6 Å². The van der Waals surface area contributed by atoms with E-state index in [2.05, 4.69) is 10.3 Å². The van der Waals surface area contributed by atoms with Gasteiger partial charge < -0.3 is 19.7 Å². The highest BCUT2D eigenvalue weighted by Gasteiger charge is 2.36. The van der Waals surface area contributed by atoms with Gasteiger partial charge in [-0.15, -0.1) is 0 Å². The minimum Gasteiger partial charge on any atom is -0.493 e. The Morgan fingerprint density at radius 2 is 2.15 bits per heavy atom. The van der Waals surface area contributed by atoms with E-state index in [4.69, 9.17) is 4.74 Å². The monoisotopic (exact) mass is 371 g/mol. The highest BCUT2D eigenvalue weighted by atomic mass is 16.5. The average Bonchev–Trinajstić information content (AvgIpc) is 3.08. The summed E-state index contributed by atoms with van der Waals surface area (Å²) in [5.41, 5.74) is 0.600. The van der Waals surface area contributed by atoms with Crippen LogP contribution in [0.4, 0.5) is 0 Å². The van der Waals surface area contributed by atoms with Gasteiger partial charge in [0.2, 0.25) is 0 Å². The summed E-state index contributed by atoms with van der Waals surface area (Å²) in [5.74, 6) is 0.387. The smallest absolute Gasteiger partial charge is 0.328 e. The Labute approximate surface area is 154 Å². The molecule has 8 nitrogen and oxygen atoms in total. The number of carbonyl (C=O) groups excluding carboxylic acids is 1. The lowest BCUT2D eigenvalue weighted by Gasteiger charge is -2.38. The molecule has 2 heterocycles. The van der Waals surface area contributed by atoms with Crippen LogP contribution in [-0.4, -0.2) is 33.3 Å². The molecule has 3 N–H and O–H groups in total. The molecule has 142 valence electrons. The number of aromatic amines is 1. The number of aliphatic hydroxyl groups excluding tert-OH is 1. The lowest BCUT2D eigenvalue weighted by molar-refractivity contribution is 0.0235. The van der Waals surface area contributed by atoms with Crippen LogP contribution in [0.3, 0.4) is 0 Å². The minimum absolute atomic E-state index is 0.0796. The molecule has 1 amide bonds. The van der Waals surface area contributed by atoms with Gasteiger partial charge in [-0.05, 0) is 42.0 Å². The zero-order valence-electron chi connectivity index (χ0n) is 14.9. The van der Waals surface area contributed by atoms with Gasteiger partial charge in [-0.2, -0.15) is 0 Å². The summed E-state index contributed by atoms with van der Waals surface area (Å²) in [6.45, 7) is 0.644. The highest BCUT2D eigenvalue weighted by molar-refractivity contribution is 5.93. The predicted octanol–water partition coefficient (Wildman–Crippen LogP) is 0.251. The molecule has 1 fully saturated rings. The van der Waals surface area contributed by atoms with Gasteiger partial charge in [0.25, 0.3) is 11.5 Å². The summed E-state index contributed by atoms with van der Waals surface area (Å²) in [7, 11) is 1.47. The van der Waals surface area contributed by atoms with Crippen molar-refractivity contribution in [3.8, 4) is 5.75 Å². The molecule has 1 atom stereocenters. The fourth-order valence-electron chi connectivity index (χ4n) is 3.72. The zero-order chi connectivity index (χ0) is 19.1. The van der Waals surface area contributed by atoms with E-state index in [1.54, 1.807) is 0 Å². The molecule has 0 spiro atoms. The fourth-order valence-corrected chi connectivity index (χ4v) is 3.72. The van der Waals surface area contributed by atoms with Gasteiger partial charge in [0, 0.05) is 19.7 Å². The Balaban J connectivity index is 1.64.